The molecule has 1 fully saturated rings. The van der Waals surface area contributed by atoms with E-state index in [0.29, 0.717) is 5.92 Å². The van der Waals surface area contributed by atoms with Crippen LogP contribution in [0.4, 0.5) is 0 Å². The first-order valence-corrected chi connectivity index (χ1v) is 5.57. The minimum Gasteiger partial charge on any atom is -0.481 e. The fourth-order valence-corrected chi connectivity index (χ4v) is 1.73. The van der Waals surface area contributed by atoms with Crippen molar-refractivity contribution in [1.82, 2.24) is 4.90 Å². The van der Waals surface area contributed by atoms with Crippen LogP contribution in [-0.4, -0.2) is 48.3 Å². The molecule has 0 spiro atoms. The molecule has 0 saturated carbocycles. The predicted molar refractivity (Wildman–Crippen MR) is 57.8 cm³/mol. The van der Waals surface area contributed by atoms with Gasteiger partial charge in [-0.15, -0.1) is 0 Å². The third kappa shape index (κ3) is 3.80. The Morgan fingerprint density at radius 1 is 1.47 bits per heavy atom. The molecule has 1 aliphatic rings. The van der Waals surface area contributed by atoms with Gasteiger partial charge in [-0.25, -0.2) is 0 Å². The van der Waals surface area contributed by atoms with Gasteiger partial charge in [0.1, 0.15) is 0 Å². The van der Waals surface area contributed by atoms with Gasteiger partial charge in [-0.05, 0) is 19.8 Å². The number of hydrogen-bond acceptors (Lipinski definition) is 3. The smallest absolute Gasteiger partial charge is 0.306 e. The van der Waals surface area contributed by atoms with Crippen molar-refractivity contribution in [2.24, 2.45) is 11.8 Å². The lowest BCUT2D eigenvalue weighted by atomic mass is 9.87. The standard InChI is InChI=1S/C11H21NO3/c1-8(2)15-5-4-12-6-10(7-12)9(3)11(13)14/h8-10H,4-7H2,1-3H3,(H,13,14). The largest absolute Gasteiger partial charge is 0.481 e. The summed E-state index contributed by atoms with van der Waals surface area (Å²) in [5.41, 5.74) is 0. The minimum absolute atomic E-state index is 0.215. The van der Waals surface area contributed by atoms with Gasteiger partial charge >= 0.3 is 5.97 Å². The first-order chi connectivity index (χ1) is 7.00. The minimum atomic E-state index is -0.682. The maximum atomic E-state index is 10.7. The molecule has 0 aromatic heterocycles. The van der Waals surface area contributed by atoms with Gasteiger partial charge in [-0.1, -0.05) is 6.92 Å². The van der Waals surface area contributed by atoms with Crippen LogP contribution >= 0.6 is 0 Å². The summed E-state index contributed by atoms with van der Waals surface area (Å²) in [6.45, 7) is 9.28. The zero-order valence-corrected chi connectivity index (χ0v) is 9.77. The molecule has 0 aliphatic carbocycles. The maximum absolute atomic E-state index is 10.7. The number of hydrogen-bond donors (Lipinski definition) is 1. The molecule has 1 aliphatic heterocycles. The van der Waals surface area contributed by atoms with Crippen molar-refractivity contribution < 1.29 is 14.6 Å². The van der Waals surface area contributed by atoms with Gasteiger partial charge in [0.25, 0.3) is 0 Å². The van der Waals surface area contributed by atoms with E-state index in [-0.39, 0.29) is 12.0 Å². The average Bonchev–Trinajstić information content (AvgIpc) is 2.07. The molecule has 0 bridgehead atoms. The molecule has 1 saturated heterocycles. The number of carboxylic acid groups (broad SMARTS) is 1. The second-order valence-electron chi connectivity index (χ2n) is 4.57. The van der Waals surface area contributed by atoms with Crippen LogP contribution in [0, 0.1) is 11.8 Å². The second kappa shape index (κ2) is 5.47. The summed E-state index contributed by atoms with van der Waals surface area (Å²) in [5.74, 6) is -0.577. The number of carbonyl (C=O) groups is 1. The Hall–Kier alpha value is -0.610. The Bertz CT molecular complexity index is 212. The molecule has 4 nitrogen and oxygen atoms in total. The highest BCUT2D eigenvalue weighted by Gasteiger charge is 2.34. The van der Waals surface area contributed by atoms with Crippen molar-refractivity contribution in [2.45, 2.75) is 26.9 Å². The summed E-state index contributed by atoms with van der Waals surface area (Å²) in [4.78, 5) is 12.9. The van der Waals surface area contributed by atoms with E-state index in [9.17, 15) is 4.79 Å². The molecule has 1 rings (SSSR count). The highest BCUT2D eigenvalue weighted by Crippen LogP contribution is 2.23. The number of rotatable bonds is 6. The third-order valence-electron chi connectivity index (χ3n) is 2.94. The van der Waals surface area contributed by atoms with E-state index >= 15 is 0 Å². The lowest BCUT2D eigenvalue weighted by Crippen LogP contribution is -2.51. The quantitative estimate of drug-likeness (QED) is 0.720. The van der Waals surface area contributed by atoms with E-state index in [1.807, 2.05) is 13.8 Å². The fourth-order valence-electron chi connectivity index (χ4n) is 1.73. The second-order valence-corrected chi connectivity index (χ2v) is 4.57. The zero-order valence-electron chi connectivity index (χ0n) is 9.77. The van der Waals surface area contributed by atoms with Crippen LogP contribution in [0.5, 0.6) is 0 Å². The van der Waals surface area contributed by atoms with E-state index < -0.39 is 5.97 Å². The van der Waals surface area contributed by atoms with Crippen molar-refractivity contribution >= 4 is 5.97 Å². The van der Waals surface area contributed by atoms with E-state index in [1.54, 1.807) is 6.92 Å². The molecule has 0 aromatic carbocycles. The van der Waals surface area contributed by atoms with Crippen LogP contribution in [0.15, 0.2) is 0 Å². The SMILES string of the molecule is CC(C)OCCN1CC(C(C)C(=O)O)C1. The van der Waals surface area contributed by atoms with Crippen LogP contribution in [0.1, 0.15) is 20.8 Å². The normalized spacial score (nSPS) is 20.3. The highest BCUT2D eigenvalue weighted by molar-refractivity contribution is 5.70. The Balaban J connectivity index is 2.07. The van der Waals surface area contributed by atoms with Gasteiger partial charge in [0.05, 0.1) is 18.6 Å². The Morgan fingerprint density at radius 2 is 2.07 bits per heavy atom. The van der Waals surface area contributed by atoms with Crippen LogP contribution in [-0.2, 0) is 9.53 Å². The Labute approximate surface area is 91.2 Å². The van der Waals surface area contributed by atoms with E-state index in [1.165, 1.54) is 0 Å². The maximum Gasteiger partial charge on any atom is 0.306 e. The molecule has 1 heterocycles. The molecular weight excluding hydrogens is 194 g/mol. The first-order valence-electron chi connectivity index (χ1n) is 5.57. The molecule has 1 unspecified atom stereocenters. The van der Waals surface area contributed by atoms with E-state index in [2.05, 4.69) is 4.90 Å². The Kier molecular flexibility index (Phi) is 4.54. The van der Waals surface area contributed by atoms with Gasteiger partial charge in [0.2, 0.25) is 0 Å². The zero-order chi connectivity index (χ0) is 11.4. The van der Waals surface area contributed by atoms with Crippen molar-refractivity contribution in [2.75, 3.05) is 26.2 Å². The van der Waals surface area contributed by atoms with Crippen molar-refractivity contribution in [3.8, 4) is 0 Å². The molecule has 0 aromatic rings. The van der Waals surface area contributed by atoms with Crippen LogP contribution < -0.4 is 0 Å². The molecular formula is C11H21NO3. The summed E-state index contributed by atoms with van der Waals surface area (Å²) >= 11 is 0. The summed E-state index contributed by atoms with van der Waals surface area (Å²) in [6, 6.07) is 0. The lowest BCUT2D eigenvalue weighted by molar-refractivity contribution is -0.145. The van der Waals surface area contributed by atoms with Crippen LogP contribution in [0.25, 0.3) is 0 Å². The lowest BCUT2D eigenvalue weighted by Gasteiger charge is -2.41. The van der Waals surface area contributed by atoms with Crippen LogP contribution in [0.3, 0.4) is 0 Å². The highest BCUT2D eigenvalue weighted by atomic mass is 16.5. The Morgan fingerprint density at radius 3 is 2.53 bits per heavy atom. The van der Waals surface area contributed by atoms with Gasteiger partial charge in [-0.3, -0.25) is 4.79 Å². The number of aliphatic carboxylic acids is 1. The molecule has 0 radical (unpaired) electrons. The van der Waals surface area contributed by atoms with Gasteiger partial charge in [0, 0.05) is 19.6 Å². The predicted octanol–water partition coefficient (Wildman–Crippen LogP) is 1.06. The van der Waals surface area contributed by atoms with Crippen molar-refractivity contribution in [3.05, 3.63) is 0 Å². The summed E-state index contributed by atoms with van der Waals surface area (Å²) in [7, 11) is 0. The van der Waals surface area contributed by atoms with E-state index in [0.717, 1.165) is 26.2 Å². The summed E-state index contributed by atoms with van der Waals surface area (Å²) < 4.78 is 5.43. The van der Waals surface area contributed by atoms with Crippen molar-refractivity contribution in [1.29, 1.82) is 0 Å². The molecule has 1 atom stereocenters. The molecule has 88 valence electrons. The van der Waals surface area contributed by atoms with Gasteiger partial charge < -0.3 is 14.7 Å². The number of carboxylic acids is 1. The van der Waals surface area contributed by atoms with Gasteiger partial charge in [0.15, 0.2) is 0 Å². The monoisotopic (exact) mass is 215 g/mol. The van der Waals surface area contributed by atoms with Gasteiger partial charge in [-0.2, -0.15) is 0 Å². The number of likely N-dealkylation sites (tertiary alicyclic amines) is 1. The number of ether oxygens (including phenoxy) is 1. The first kappa shape index (κ1) is 12.5. The van der Waals surface area contributed by atoms with Crippen LogP contribution in [0.2, 0.25) is 0 Å². The van der Waals surface area contributed by atoms with Crippen molar-refractivity contribution in [3.63, 3.8) is 0 Å². The fraction of sp³-hybridized carbons (Fsp3) is 0.909. The molecule has 0 amide bonds. The molecule has 1 N–H and O–H groups in total. The third-order valence-corrected chi connectivity index (χ3v) is 2.94. The average molecular weight is 215 g/mol. The summed E-state index contributed by atoms with van der Waals surface area (Å²) in [6.07, 6.45) is 0.278. The topological polar surface area (TPSA) is 49.8 Å². The molecule has 15 heavy (non-hydrogen) atoms. The van der Waals surface area contributed by atoms with E-state index in [4.69, 9.17) is 9.84 Å². The molecule has 4 heteroatoms. The number of nitrogens with zero attached hydrogens (tertiary/aromatic N) is 1. The summed E-state index contributed by atoms with van der Waals surface area (Å²) in [5, 5.41) is 8.81.